The molecule has 0 heterocycles. The summed E-state index contributed by atoms with van der Waals surface area (Å²) in [7, 11) is 0. The molecule has 0 spiro atoms. The molecule has 0 saturated heterocycles. The number of carbonyl (C=O) groups excluding carboxylic acids is 2. The maximum Gasteiger partial charge on any atom is 0.359 e. The third-order valence-electron chi connectivity index (χ3n) is 2.05. The van der Waals surface area contributed by atoms with Crippen molar-refractivity contribution in [2.75, 3.05) is 0 Å². The van der Waals surface area contributed by atoms with E-state index in [2.05, 4.69) is 0 Å². The first kappa shape index (κ1) is 13.0. The molecule has 0 aliphatic rings. The third kappa shape index (κ3) is 2.07. The van der Waals surface area contributed by atoms with Gasteiger partial charge in [0.15, 0.2) is 0 Å². The van der Waals surface area contributed by atoms with Gasteiger partial charge in [-0.3, -0.25) is 29.8 Å². The Morgan fingerprint density at radius 3 is 1.89 bits per heavy atom. The van der Waals surface area contributed by atoms with Crippen molar-refractivity contribution in [3.8, 4) is 0 Å². The lowest BCUT2D eigenvalue weighted by molar-refractivity contribution is -0.422. The lowest BCUT2D eigenvalue weighted by Gasteiger charge is -2.04. The van der Waals surface area contributed by atoms with Gasteiger partial charge in [0.05, 0.1) is 15.4 Å². The average Bonchev–Trinajstić information content (AvgIpc) is 2.26. The minimum atomic E-state index is -1.35. The molecule has 0 bridgehead atoms. The molecule has 0 fully saturated rings. The van der Waals surface area contributed by atoms with E-state index in [1.807, 2.05) is 0 Å². The molecule has 18 heavy (non-hydrogen) atoms. The van der Waals surface area contributed by atoms with E-state index in [0.29, 0.717) is 6.07 Å². The molecule has 10 heteroatoms. The predicted molar refractivity (Wildman–Crippen MR) is 56.8 cm³/mol. The number of hydrogen-bond acceptors (Lipinski definition) is 6. The number of carbonyl (C=O) groups is 2. The van der Waals surface area contributed by atoms with Gasteiger partial charge in [-0.15, -0.1) is 0 Å². The lowest BCUT2D eigenvalue weighted by atomic mass is 10.0. The van der Waals surface area contributed by atoms with Gasteiger partial charge < -0.3 is 11.5 Å². The molecule has 1 aromatic carbocycles. The normalized spacial score (nSPS) is 9.78. The molecule has 0 aliphatic carbocycles. The molecule has 0 aromatic heterocycles. The van der Waals surface area contributed by atoms with Crippen LogP contribution in [-0.2, 0) is 0 Å². The Hall–Kier alpha value is -3.04. The fourth-order valence-corrected chi connectivity index (χ4v) is 1.37. The zero-order valence-electron chi connectivity index (χ0n) is 8.65. The Balaban J connectivity index is 3.82. The third-order valence-corrected chi connectivity index (χ3v) is 2.05. The Kier molecular flexibility index (Phi) is 3.22. The highest BCUT2D eigenvalue weighted by molar-refractivity contribution is 6.09. The molecule has 2 amide bonds. The van der Waals surface area contributed by atoms with Gasteiger partial charge in [-0.25, -0.2) is 0 Å². The summed E-state index contributed by atoms with van der Waals surface area (Å²) >= 11 is 0. The molecule has 1 rings (SSSR count). The summed E-state index contributed by atoms with van der Waals surface area (Å²) < 4.78 is 0. The standard InChI is InChI=1S/C8H6N4O6/c9-7(13)3-1-2-4(11(15)16)6(12(17)18)5(3)8(10)14/h1-2H,(H2,9,13)(H2,10,14). The summed E-state index contributed by atoms with van der Waals surface area (Å²) in [5.74, 6) is -2.50. The van der Waals surface area contributed by atoms with E-state index in [0.717, 1.165) is 6.07 Å². The second-order valence-corrected chi connectivity index (χ2v) is 3.10. The molecular formula is C8H6N4O6. The van der Waals surface area contributed by atoms with Crippen LogP contribution in [0, 0.1) is 20.2 Å². The van der Waals surface area contributed by atoms with Crippen LogP contribution in [0.3, 0.4) is 0 Å². The molecule has 1 aromatic rings. The summed E-state index contributed by atoms with van der Waals surface area (Å²) in [6.07, 6.45) is 0. The molecule has 0 aliphatic heterocycles. The van der Waals surface area contributed by atoms with Crippen molar-refractivity contribution >= 4 is 23.2 Å². The van der Waals surface area contributed by atoms with Gasteiger partial charge >= 0.3 is 11.4 Å². The van der Waals surface area contributed by atoms with Crippen molar-refractivity contribution in [3.63, 3.8) is 0 Å². The fourth-order valence-electron chi connectivity index (χ4n) is 1.37. The maximum atomic E-state index is 11.1. The molecule has 0 radical (unpaired) electrons. The number of nitro groups is 2. The summed E-state index contributed by atoms with van der Waals surface area (Å²) in [6.45, 7) is 0. The van der Waals surface area contributed by atoms with Gasteiger partial charge in [-0.1, -0.05) is 0 Å². The van der Waals surface area contributed by atoms with E-state index in [1.54, 1.807) is 0 Å². The zero-order chi connectivity index (χ0) is 14.0. The molecule has 4 N–H and O–H groups in total. The summed E-state index contributed by atoms with van der Waals surface area (Å²) in [4.78, 5) is 41.3. The molecule has 10 nitrogen and oxygen atoms in total. The monoisotopic (exact) mass is 254 g/mol. The topological polar surface area (TPSA) is 172 Å². The number of hydrogen-bond donors (Lipinski definition) is 2. The Labute approximate surface area is 98.5 Å². The minimum Gasteiger partial charge on any atom is -0.366 e. The van der Waals surface area contributed by atoms with Crippen LogP contribution < -0.4 is 11.5 Å². The first-order chi connectivity index (χ1) is 8.27. The van der Waals surface area contributed by atoms with Crippen LogP contribution in [-0.4, -0.2) is 21.7 Å². The van der Waals surface area contributed by atoms with Crippen molar-refractivity contribution < 1.29 is 19.4 Å². The summed E-state index contributed by atoms with van der Waals surface area (Å²) in [5, 5.41) is 21.4. The smallest absolute Gasteiger partial charge is 0.359 e. The quantitative estimate of drug-likeness (QED) is 0.550. The van der Waals surface area contributed by atoms with Crippen molar-refractivity contribution in [1.29, 1.82) is 0 Å². The van der Waals surface area contributed by atoms with Gasteiger partial charge in [0.2, 0.25) is 5.91 Å². The number of nitrogens with two attached hydrogens (primary N) is 2. The molecular weight excluding hydrogens is 248 g/mol. The van der Waals surface area contributed by atoms with Crippen LogP contribution in [0.25, 0.3) is 0 Å². The van der Waals surface area contributed by atoms with Crippen LogP contribution in [0.1, 0.15) is 20.7 Å². The van der Waals surface area contributed by atoms with E-state index in [1.165, 1.54) is 0 Å². The largest absolute Gasteiger partial charge is 0.366 e. The number of nitro benzene ring substituents is 2. The van der Waals surface area contributed by atoms with Gasteiger partial charge in [-0.2, -0.15) is 0 Å². The van der Waals surface area contributed by atoms with Gasteiger partial charge in [0, 0.05) is 6.07 Å². The second kappa shape index (κ2) is 4.45. The van der Waals surface area contributed by atoms with Crippen LogP contribution >= 0.6 is 0 Å². The van der Waals surface area contributed by atoms with Crippen LogP contribution in [0.2, 0.25) is 0 Å². The first-order valence-electron chi connectivity index (χ1n) is 4.32. The van der Waals surface area contributed by atoms with E-state index < -0.39 is 44.2 Å². The van der Waals surface area contributed by atoms with E-state index >= 15 is 0 Å². The van der Waals surface area contributed by atoms with Crippen LogP contribution in [0.15, 0.2) is 12.1 Å². The number of amides is 2. The van der Waals surface area contributed by atoms with E-state index in [9.17, 15) is 29.8 Å². The van der Waals surface area contributed by atoms with Crippen molar-refractivity contribution in [1.82, 2.24) is 0 Å². The highest BCUT2D eigenvalue weighted by Gasteiger charge is 2.34. The van der Waals surface area contributed by atoms with Crippen LogP contribution in [0.4, 0.5) is 11.4 Å². The van der Waals surface area contributed by atoms with E-state index in [4.69, 9.17) is 11.5 Å². The number of primary amides is 2. The summed E-state index contributed by atoms with van der Waals surface area (Å²) in [6, 6.07) is 1.55. The highest BCUT2D eigenvalue weighted by Crippen LogP contribution is 2.32. The number of rotatable bonds is 4. The summed E-state index contributed by atoms with van der Waals surface area (Å²) in [5.41, 5.74) is 6.28. The maximum absolute atomic E-state index is 11.1. The van der Waals surface area contributed by atoms with E-state index in [-0.39, 0.29) is 0 Å². The average molecular weight is 254 g/mol. The molecule has 94 valence electrons. The Bertz CT molecular complexity index is 530. The minimum absolute atomic E-state index is 0.542. The number of benzene rings is 1. The highest BCUT2D eigenvalue weighted by atomic mass is 16.6. The van der Waals surface area contributed by atoms with Crippen molar-refractivity contribution in [2.24, 2.45) is 11.5 Å². The predicted octanol–water partition coefficient (Wildman–Crippen LogP) is -0.299. The molecule has 0 saturated carbocycles. The van der Waals surface area contributed by atoms with Gasteiger partial charge in [-0.05, 0) is 6.07 Å². The van der Waals surface area contributed by atoms with Gasteiger partial charge in [0.25, 0.3) is 5.91 Å². The number of nitrogens with zero attached hydrogens (tertiary/aromatic N) is 2. The SMILES string of the molecule is NC(=O)c1ccc([N+](=O)[O-])c([N+](=O)[O-])c1C(N)=O. The molecule has 0 unspecified atom stereocenters. The first-order valence-corrected chi connectivity index (χ1v) is 4.32. The van der Waals surface area contributed by atoms with Gasteiger partial charge in [0.1, 0.15) is 5.56 Å². The van der Waals surface area contributed by atoms with Crippen molar-refractivity contribution in [3.05, 3.63) is 43.5 Å². The van der Waals surface area contributed by atoms with Crippen molar-refractivity contribution in [2.45, 2.75) is 0 Å². The van der Waals surface area contributed by atoms with Crippen LogP contribution in [0.5, 0.6) is 0 Å². The fraction of sp³-hybridized carbons (Fsp3) is 0. The second-order valence-electron chi connectivity index (χ2n) is 3.10. The Morgan fingerprint density at radius 2 is 1.56 bits per heavy atom. The molecule has 0 atom stereocenters. The lowest BCUT2D eigenvalue weighted by Crippen LogP contribution is -2.22. The zero-order valence-corrected chi connectivity index (χ0v) is 8.65. The Morgan fingerprint density at radius 1 is 1.00 bits per heavy atom.